The van der Waals surface area contributed by atoms with Crippen molar-refractivity contribution in [3.63, 3.8) is 0 Å². The monoisotopic (exact) mass is 314 g/mol. The Balaban J connectivity index is 2.39. The standard InChI is InChI=1S/C13H18N2O3S2/c1-3-15(8-11-5-4-6-18-11)20(16,17)13-10(2)9-19-12(13)7-14/h4-6,9H,3,7-8,14H2,1-2H3. The molecule has 0 aromatic carbocycles. The maximum Gasteiger partial charge on any atom is 0.244 e. The Hall–Kier alpha value is -1.15. The van der Waals surface area contributed by atoms with Crippen LogP contribution in [-0.2, 0) is 23.1 Å². The summed E-state index contributed by atoms with van der Waals surface area (Å²) in [7, 11) is -3.55. The summed E-state index contributed by atoms with van der Waals surface area (Å²) in [6.07, 6.45) is 1.54. The molecule has 5 nitrogen and oxygen atoms in total. The molecule has 0 saturated heterocycles. The van der Waals surface area contributed by atoms with Gasteiger partial charge in [0.05, 0.1) is 12.8 Å². The van der Waals surface area contributed by atoms with Gasteiger partial charge in [-0.25, -0.2) is 8.42 Å². The highest BCUT2D eigenvalue weighted by atomic mass is 32.2. The molecule has 2 rings (SSSR count). The zero-order valence-electron chi connectivity index (χ0n) is 11.5. The summed E-state index contributed by atoms with van der Waals surface area (Å²) in [5, 5.41) is 1.83. The van der Waals surface area contributed by atoms with Crippen LogP contribution in [0.4, 0.5) is 0 Å². The molecule has 0 fully saturated rings. The van der Waals surface area contributed by atoms with E-state index in [0.29, 0.717) is 22.1 Å². The molecule has 0 atom stereocenters. The summed E-state index contributed by atoms with van der Waals surface area (Å²) in [6.45, 7) is 4.44. The second-order valence-corrected chi connectivity index (χ2v) is 7.22. The van der Waals surface area contributed by atoms with Crippen molar-refractivity contribution in [2.75, 3.05) is 6.54 Å². The fraction of sp³-hybridized carbons (Fsp3) is 0.385. The molecule has 2 N–H and O–H groups in total. The van der Waals surface area contributed by atoms with Crippen LogP contribution in [0.1, 0.15) is 23.1 Å². The van der Waals surface area contributed by atoms with E-state index in [-0.39, 0.29) is 13.1 Å². The number of hydrogen-bond donors (Lipinski definition) is 1. The number of furan rings is 1. The van der Waals surface area contributed by atoms with Crippen molar-refractivity contribution >= 4 is 21.4 Å². The number of aryl methyl sites for hydroxylation is 1. The van der Waals surface area contributed by atoms with Gasteiger partial charge < -0.3 is 10.2 Å². The zero-order chi connectivity index (χ0) is 14.8. The summed E-state index contributed by atoms with van der Waals surface area (Å²) >= 11 is 1.38. The van der Waals surface area contributed by atoms with Gasteiger partial charge in [0.25, 0.3) is 0 Å². The molecular formula is C13H18N2O3S2. The summed E-state index contributed by atoms with van der Waals surface area (Å²) in [5.41, 5.74) is 6.39. The highest BCUT2D eigenvalue weighted by Crippen LogP contribution is 2.29. The average molecular weight is 314 g/mol. The van der Waals surface area contributed by atoms with Crippen molar-refractivity contribution in [3.05, 3.63) is 40.0 Å². The first-order valence-electron chi connectivity index (χ1n) is 6.30. The van der Waals surface area contributed by atoms with Gasteiger partial charge in [0.15, 0.2) is 0 Å². The Labute approximate surface area is 123 Å². The third kappa shape index (κ3) is 2.80. The highest BCUT2D eigenvalue weighted by molar-refractivity contribution is 7.89. The van der Waals surface area contributed by atoms with Gasteiger partial charge in [0.2, 0.25) is 10.0 Å². The van der Waals surface area contributed by atoms with Crippen molar-refractivity contribution in [1.82, 2.24) is 4.31 Å². The van der Waals surface area contributed by atoms with Crippen molar-refractivity contribution < 1.29 is 12.8 Å². The van der Waals surface area contributed by atoms with Crippen LogP contribution in [0.3, 0.4) is 0 Å². The van der Waals surface area contributed by atoms with Crippen molar-refractivity contribution in [1.29, 1.82) is 0 Å². The average Bonchev–Trinajstić information content (AvgIpc) is 3.04. The lowest BCUT2D eigenvalue weighted by Gasteiger charge is -2.20. The lowest BCUT2D eigenvalue weighted by Crippen LogP contribution is -2.31. The minimum atomic E-state index is -3.55. The van der Waals surface area contributed by atoms with Gasteiger partial charge in [0, 0.05) is 18.0 Å². The topological polar surface area (TPSA) is 76.5 Å². The fourth-order valence-electron chi connectivity index (χ4n) is 2.05. The molecule has 0 spiro atoms. The van der Waals surface area contributed by atoms with E-state index >= 15 is 0 Å². The van der Waals surface area contributed by atoms with Crippen LogP contribution in [0, 0.1) is 6.92 Å². The van der Waals surface area contributed by atoms with Crippen LogP contribution in [0.15, 0.2) is 33.1 Å². The van der Waals surface area contributed by atoms with Crippen LogP contribution in [0.2, 0.25) is 0 Å². The minimum absolute atomic E-state index is 0.227. The van der Waals surface area contributed by atoms with Crippen LogP contribution < -0.4 is 5.73 Å². The molecule has 2 aromatic rings. The molecule has 110 valence electrons. The molecule has 2 aromatic heterocycles. The zero-order valence-corrected chi connectivity index (χ0v) is 13.1. The first-order valence-corrected chi connectivity index (χ1v) is 8.62. The van der Waals surface area contributed by atoms with Gasteiger partial charge >= 0.3 is 0 Å². The summed E-state index contributed by atoms with van der Waals surface area (Å²) < 4.78 is 32.2. The van der Waals surface area contributed by atoms with E-state index < -0.39 is 10.0 Å². The first kappa shape index (κ1) is 15.2. The second-order valence-electron chi connectivity index (χ2n) is 4.39. The summed E-state index contributed by atoms with van der Waals surface area (Å²) in [4.78, 5) is 1.04. The third-order valence-corrected chi connectivity index (χ3v) is 6.44. The Bertz CT molecular complexity index is 660. The minimum Gasteiger partial charge on any atom is -0.468 e. The van der Waals surface area contributed by atoms with E-state index in [2.05, 4.69) is 0 Å². The number of nitrogens with two attached hydrogens (primary N) is 1. The van der Waals surface area contributed by atoms with E-state index in [4.69, 9.17) is 10.2 Å². The smallest absolute Gasteiger partial charge is 0.244 e. The first-order chi connectivity index (χ1) is 9.50. The predicted molar refractivity (Wildman–Crippen MR) is 78.9 cm³/mol. The molecule has 20 heavy (non-hydrogen) atoms. The van der Waals surface area contributed by atoms with Crippen LogP contribution in [0.25, 0.3) is 0 Å². The Morgan fingerprint density at radius 3 is 2.75 bits per heavy atom. The van der Waals surface area contributed by atoms with Crippen LogP contribution >= 0.6 is 11.3 Å². The Morgan fingerprint density at radius 1 is 1.45 bits per heavy atom. The maximum atomic E-state index is 12.8. The molecular weight excluding hydrogens is 296 g/mol. The molecule has 0 unspecified atom stereocenters. The quantitative estimate of drug-likeness (QED) is 0.887. The van der Waals surface area contributed by atoms with Crippen molar-refractivity contribution in [3.8, 4) is 0 Å². The molecule has 0 amide bonds. The molecule has 7 heteroatoms. The number of rotatable bonds is 6. The van der Waals surface area contributed by atoms with Gasteiger partial charge in [-0.15, -0.1) is 11.3 Å². The van der Waals surface area contributed by atoms with E-state index in [0.717, 1.165) is 5.56 Å². The van der Waals surface area contributed by atoms with Gasteiger partial charge in [-0.05, 0) is 30.0 Å². The molecule has 0 aliphatic heterocycles. The molecule has 0 radical (unpaired) electrons. The second kappa shape index (κ2) is 6.09. The van der Waals surface area contributed by atoms with Gasteiger partial charge in [-0.1, -0.05) is 6.92 Å². The summed E-state index contributed by atoms with van der Waals surface area (Å²) in [6, 6.07) is 3.51. The number of nitrogens with zero attached hydrogens (tertiary/aromatic N) is 1. The SMILES string of the molecule is CCN(Cc1ccco1)S(=O)(=O)c1c(C)csc1CN. The number of hydrogen-bond acceptors (Lipinski definition) is 5. The third-order valence-electron chi connectivity index (χ3n) is 3.04. The van der Waals surface area contributed by atoms with Gasteiger partial charge in [-0.2, -0.15) is 4.31 Å². The van der Waals surface area contributed by atoms with E-state index in [9.17, 15) is 8.42 Å². The number of thiophene rings is 1. The highest BCUT2D eigenvalue weighted by Gasteiger charge is 2.29. The lowest BCUT2D eigenvalue weighted by atomic mass is 10.3. The van der Waals surface area contributed by atoms with Gasteiger partial charge in [0.1, 0.15) is 10.7 Å². The molecule has 0 aliphatic rings. The summed E-state index contributed by atoms with van der Waals surface area (Å²) in [5.74, 6) is 0.623. The predicted octanol–water partition coefficient (Wildman–Crippen LogP) is 2.32. The largest absolute Gasteiger partial charge is 0.468 e. The van der Waals surface area contributed by atoms with Crippen molar-refractivity contribution in [2.45, 2.75) is 31.8 Å². The Kier molecular flexibility index (Phi) is 4.64. The van der Waals surface area contributed by atoms with Gasteiger partial charge in [-0.3, -0.25) is 0 Å². The molecule has 2 heterocycles. The maximum absolute atomic E-state index is 12.8. The van der Waals surface area contributed by atoms with Crippen LogP contribution in [0.5, 0.6) is 0 Å². The van der Waals surface area contributed by atoms with E-state index in [1.165, 1.54) is 21.9 Å². The van der Waals surface area contributed by atoms with E-state index in [1.807, 2.05) is 12.3 Å². The van der Waals surface area contributed by atoms with E-state index in [1.54, 1.807) is 19.1 Å². The lowest BCUT2D eigenvalue weighted by molar-refractivity contribution is 0.375. The fourth-order valence-corrected chi connectivity index (χ4v) is 5.11. The normalized spacial score (nSPS) is 12.2. The molecule has 0 bridgehead atoms. The van der Waals surface area contributed by atoms with Crippen LogP contribution in [-0.4, -0.2) is 19.3 Å². The molecule has 0 aliphatic carbocycles. The molecule has 0 saturated carbocycles. The number of sulfonamides is 1. The van der Waals surface area contributed by atoms with Crippen molar-refractivity contribution in [2.24, 2.45) is 5.73 Å². The Morgan fingerprint density at radius 2 is 2.20 bits per heavy atom.